The second kappa shape index (κ2) is 9.29. The Morgan fingerprint density at radius 2 is 2.10 bits per heavy atom. The molecule has 7 heteroatoms. The highest BCUT2D eigenvalue weighted by atomic mass is 35.5. The molecule has 0 aromatic heterocycles. The van der Waals surface area contributed by atoms with Crippen LogP contribution < -0.4 is 20.3 Å². The van der Waals surface area contributed by atoms with Gasteiger partial charge in [0.1, 0.15) is 5.75 Å². The number of ether oxygens (including phenoxy) is 1. The van der Waals surface area contributed by atoms with Crippen LogP contribution in [0, 0.1) is 5.92 Å². The normalized spacial score (nSPS) is 17.4. The molecule has 1 saturated heterocycles. The van der Waals surface area contributed by atoms with Crippen LogP contribution in [0.2, 0.25) is 0 Å². The van der Waals surface area contributed by atoms with E-state index in [0.717, 1.165) is 54.2 Å². The Balaban J connectivity index is 0.00000240. The van der Waals surface area contributed by atoms with Crippen molar-refractivity contribution in [3.05, 3.63) is 53.6 Å². The number of nitrogens with zero attached hydrogens (tertiary/aromatic N) is 1. The quantitative estimate of drug-likeness (QED) is 0.787. The summed E-state index contributed by atoms with van der Waals surface area (Å²) in [5.74, 6) is 0.852. The highest BCUT2D eigenvalue weighted by molar-refractivity contribution is 5.99. The number of anilines is 2. The van der Waals surface area contributed by atoms with Crippen molar-refractivity contribution in [1.82, 2.24) is 5.32 Å². The van der Waals surface area contributed by atoms with Crippen LogP contribution in [0.25, 0.3) is 0 Å². The minimum atomic E-state index is 0. The van der Waals surface area contributed by atoms with Gasteiger partial charge in [-0.25, -0.2) is 0 Å². The molecular weight excluding hydrogens is 390 g/mol. The van der Waals surface area contributed by atoms with Crippen molar-refractivity contribution in [1.29, 1.82) is 0 Å². The lowest BCUT2D eigenvalue weighted by atomic mass is 10.1. The zero-order valence-corrected chi connectivity index (χ0v) is 17.3. The third kappa shape index (κ3) is 4.71. The smallest absolute Gasteiger partial charge is 0.231 e. The van der Waals surface area contributed by atoms with Crippen LogP contribution in [0.1, 0.15) is 17.5 Å². The summed E-state index contributed by atoms with van der Waals surface area (Å²) < 4.78 is 5.24. The number of rotatable bonds is 5. The molecule has 1 unspecified atom stereocenters. The van der Waals surface area contributed by atoms with Crippen molar-refractivity contribution in [3.63, 3.8) is 0 Å². The molecule has 2 aliphatic heterocycles. The van der Waals surface area contributed by atoms with Gasteiger partial charge in [0.2, 0.25) is 11.8 Å². The van der Waals surface area contributed by atoms with Crippen LogP contribution >= 0.6 is 12.4 Å². The van der Waals surface area contributed by atoms with Gasteiger partial charge >= 0.3 is 0 Å². The lowest BCUT2D eigenvalue weighted by molar-refractivity contribution is -0.119. The molecule has 29 heavy (non-hydrogen) atoms. The molecule has 4 rings (SSSR count). The van der Waals surface area contributed by atoms with Crippen molar-refractivity contribution < 1.29 is 14.3 Å². The van der Waals surface area contributed by atoms with Crippen LogP contribution in [0.4, 0.5) is 11.4 Å². The van der Waals surface area contributed by atoms with Crippen molar-refractivity contribution >= 4 is 35.6 Å². The van der Waals surface area contributed by atoms with Gasteiger partial charge in [-0.05, 0) is 54.8 Å². The molecule has 0 spiro atoms. The Kier molecular flexibility index (Phi) is 6.77. The first-order chi connectivity index (χ1) is 13.6. The van der Waals surface area contributed by atoms with Crippen LogP contribution in [0.3, 0.4) is 0 Å². The zero-order chi connectivity index (χ0) is 19.5. The van der Waals surface area contributed by atoms with Gasteiger partial charge in [-0.15, -0.1) is 12.4 Å². The summed E-state index contributed by atoms with van der Waals surface area (Å²) in [6, 6.07) is 13.4. The van der Waals surface area contributed by atoms with Crippen LogP contribution in [-0.4, -0.2) is 38.6 Å². The average molecular weight is 416 g/mol. The predicted molar refractivity (Wildman–Crippen MR) is 116 cm³/mol. The average Bonchev–Trinajstić information content (AvgIpc) is 3.38. The molecular formula is C22H26ClN3O3. The fourth-order valence-electron chi connectivity index (χ4n) is 3.89. The molecule has 0 radical (unpaired) electrons. The first-order valence-corrected chi connectivity index (χ1v) is 9.72. The van der Waals surface area contributed by atoms with E-state index in [9.17, 15) is 9.59 Å². The van der Waals surface area contributed by atoms with Gasteiger partial charge in [-0.2, -0.15) is 0 Å². The SMILES string of the molecule is COc1cccc(CC(=O)N2CCc3ccc(NC(=O)C4CCNC4)cc32)c1.Cl. The van der Waals surface area contributed by atoms with Crippen LogP contribution in [-0.2, 0) is 22.4 Å². The maximum absolute atomic E-state index is 12.9. The highest BCUT2D eigenvalue weighted by Gasteiger charge is 2.26. The van der Waals surface area contributed by atoms with Crippen molar-refractivity contribution in [2.45, 2.75) is 19.3 Å². The first-order valence-electron chi connectivity index (χ1n) is 9.72. The minimum absolute atomic E-state index is 0. The monoisotopic (exact) mass is 415 g/mol. The summed E-state index contributed by atoms with van der Waals surface area (Å²) in [6.45, 7) is 2.28. The van der Waals surface area contributed by atoms with E-state index in [0.29, 0.717) is 13.0 Å². The Morgan fingerprint density at radius 1 is 1.24 bits per heavy atom. The number of nitrogens with one attached hydrogen (secondary N) is 2. The molecule has 1 atom stereocenters. The Labute approximate surface area is 177 Å². The van der Waals surface area contributed by atoms with Gasteiger partial charge in [0.25, 0.3) is 0 Å². The number of benzene rings is 2. The standard InChI is InChI=1S/C22H25N3O3.ClH/c1-28-19-4-2-3-15(11-19)12-21(26)25-10-8-16-5-6-18(13-20(16)25)24-22(27)17-7-9-23-14-17;/h2-6,11,13,17,23H,7-10,12,14H2,1H3,(H,24,27);1H. The molecule has 154 valence electrons. The van der Waals surface area contributed by atoms with E-state index in [1.165, 1.54) is 0 Å². The maximum atomic E-state index is 12.9. The first kappa shape index (κ1) is 21.1. The van der Waals surface area contributed by atoms with Gasteiger partial charge in [-0.1, -0.05) is 18.2 Å². The van der Waals surface area contributed by atoms with E-state index in [1.807, 2.05) is 47.4 Å². The van der Waals surface area contributed by atoms with E-state index < -0.39 is 0 Å². The van der Waals surface area contributed by atoms with E-state index in [1.54, 1.807) is 7.11 Å². The molecule has 2 amide bonds. The number of hydrogen-bond acceptors (Lipinski definition) is 4. The minimum Gasteiger partial charge on any atom is -0.497 e. The molecule has 2 aromatic carbocycles. The number of methoxy groups -OCH3 is 1. The summed E-state index contributed by atoms with van der Waals surface area (Å²) in [4.78, 5) is 27.1. The summed E-state index contributed by atoms with van der Waals surface area (Å²) in [6.07, 6.45) is 2.02. The summed E-state index contributed by atoms with van der Waals surface area (Å²) in [7, 11) is 1.62. The summed E-state index contributed by atoms with van der Waals surface area (Å²) in [5, 5.41) is 6.22. The third-order valence-electron chi connectivity index (χ3n) is 5.47. The number of carbonyl (C=O) groups excluding carboxylic acids is 2. The topological polar surface area (TPSA) is 70.7 Å². The molecule has 0 saturated carbocycles. The Bertz CT molecular complexity index is 897. The number of fused-ring (bicyclic) bond motifs is 1. The van der Waals surface area contributed by atoms with Gasteiger partial charge < -0.3 is 20.3 Å². The van der Waals surface area contributed by atoms with E-state index >= 15 is 0 Å². The fourth-order valence-corrected chi connectivity index (χ4v) is 3.89. The maximum Gasteiger partial charge on any atom is 0.231 e. The number of amides is 2. The van der Waals surface area contributed by atoms with Gasteiger partial charge in [0.05, 0.1) is 19.4 Å². The van der Waals surface area contributed by atoms with Gasteiger partial charge in [0.15, 0.2) is 0 Å². The Morgan fingerprint density at radius 3 is 2.86 bits per heavy atom. The molecule has 2 aliphatic rings. The summed E-state index contributed by atoms with van der Waals surface area (Å²) >= 11 is 0. The fraction of sp³-hybridized carbons (Fsp3) is 0.364. The molecule has 2 N–H and O–H groups in total. The molecule has 1 fully saturated rings. The molecule has 6 nitrogen and oxygen atoms in total. The van der Waals surface area contributed by atoms with Crippen molar-refractivity contribution in [3.8, 4) is 5.75 Å². The van der Waals surface area contributed by atoms with E-state index in [2.05, 4.69) is 10.6 Å². The Hall–Kier alpha value is -2.57. The predicted octanol–water partition coefficient (Wildman–Crippen LogP) is 2.80. The van der Waals surface area contributed by atoms with E-state index in [4.69, 9.17) is 4.74 Å². The molecule has 2 heterocycles. The van der Waals surface area contributed by atoms with E-state index in [-0.39, 0.29) is 30.1 Å². The molecule has 2 aromatic rings. The van der Waals surface area contributed by atoms with Crippen LogP contribution in [0.5, 0.6) is 5.75 Å². The number of carbonyl (C=O) groups is 2. The highest BCUT2D eigenvalue weighted by Crippen LogP contribution is 2.32. The van der Waals surface area contributed by atoms with Crippen LogP contribution in [0.15, 0.2) is 42.5 Å². The zero-order valence-electron chi connectivity index (χ0n) is 16.4. The summed E-state index contributed by atoms with van der Waals surface area (Å²) in [5.41, 5.74) is 3.71. The molecule has 0 bridgehead atoms. The van der Waals surface area contributed by atoms with Crippen molar-refractivity contribution in [2.75, 3.05) is 37.0 Å². The lowest BCUT2D eigenvalue weighted by Crippen LogP contribution is -2.30. The number of hydrogen-bond donors (Lipinski definition) is 2. The largest absolute Gasteiger partial charge is 0.497 e. The van der Waals surface area contributed by atoms with Gasteiger partial charge in [0, 0.05) is 24.5 Å². The van der Waals surface area contributed by atoms with Gasteiger partial charge in [-0.3, -0.25) is 9.59 Å². The van der Waals surface area contributed by atoms with Crippen molar-refractivity contribution in [2.24, 2.45) is 5.92 Å². The second-order valence-electron chi connectivity index (χ2n) is 7.35. The lowest BCUT2D eigenvalue weighted by Gasteiger charge is -2.19. The molecule has 0 aliphatic carbocycles. The third-order valence-corrected chi connectivity index (χ3v) is 5.47. The second-order valence-corrected chi connectivity index (χ2v) is 7.35. The number of halogens is 1.